The van der Waals surface area contributed by atoms with Gasteiger partial charge in [0.2, 0.25) is 11.8 Å². The Bertz CT molecular complexity index is 437. The molecule has 0 radical (unpaired) electrons. The molecule has 0 fully saturated rings. The first-order chi connectivity index (χ1) is 8.54. The van der Waals surface area contributed by atoms with Gasteiger partial charge in [-0.15, -0.1) is 0 Å². The highest BCUT2D eigenvalue weighted by Crippen LogP contribution is 2.18. The van der Waals surface area contributed by atoms with E-state index < -0.39 is 11.9 Å². The quantitative estimate of drug-likeness (QED) is 0.825. The number of hydrogen-bond acceptors (Lipinski definition) is 3. The number of benzene rings is 1. The van der Waals surface area contributed by atoms with Crippen LogP contribution in [0, 0.1) is 0 Å². The fourth-order valence-electron chi connectivity index (χ4n) is 1.40. The third-order valence-electron chi connectivity index (χ3n) is 2.21. The lowest BCUT2D eigenvalue weighted by Gasteiger charge is -2.16. The average molecular weight is 315 g/mol. The summed E-state index contributed by atoms with van der Waals surface area (Å²) < 4.78 is 5.77. The number of rotatable bonds is 6. The van der Waals surface area contributed by atoms with Crippen molar-refractivity contribution in [3.8, 4) is 0 Å². The van der Waals surface area contributed by atoms with E-state index in [-0.39, 0.29) is 12.5 Å². The van der Waals surface area contributed by atoms with E-state index in [9.17, 15) is 9.59 Å². The van der Waals surface area contributed by atoms with Crippen LogP contribution >= 0.6 is 15.9 Å². The number of primary amides is 1. The largest absolute Gasteiger partial charge is 0.372 e. The summed E-state index contributed by atoms with van der Waals surface area (Å²) in [7, 11) is 0. The summed E-state index contributed by atoms with van der Waals surface area (Å²) in [5.41, 5.74) is 5.91. The molecule has 6 heteroatoms. The molecule has 0 bridgehead atoms. The molecule has 1 aromatic rings. The molecule has 0 saturated heterocycles. The normalized spacial score (nSPS) is 11.9. The number of ether oxygens (including phenoxy) is 1. The smallest absolute Gasteiger partial charge is 0.246 e. The van der Waals surface area contributed by atoms with Crippen molar-refractivity contribution in [3.05, 3.63) is 34.3 Å². The lowest BCUT2D eigenvalue weighted by atomic mass is 10.1. The predicted molar refractivity (Wildman–Crippen MR) is 70.7 cm³/mol. The van der Waals surface area contributed by atoms with E-state index in [1.807, 2.05) is 6.07 Å². The Morgan fingerprint density at radius 2 is 2.22 bits per heavy atom. The Balaban J connectivity index is 2.77. The standard InChI is InChI=1S/C12H15BrN2O3/c1-2-18-7-10(16)15-11(12(14)17)8-4-3-5-9(13)6-8/h3-6,11H,2,7H2,1H3,(H2,14,17)(H,15,16). The van der Waals surface area contributed by atoms with E-state index in [2.05, 4.69) is 21.2 Å². The molecule has 0 aromatic heterocycles. The van der Waals surface area contributed by atoms with Gasteiger partial charge in [0.05, 0.1) is 0 Å². The maximum Gasteiger partial charge on any atom is 0.246 e. The number of halogens is 1. The van der Waals surface area contributed by atoms with Gasteiger partial charge in [0.25, 0.3) is 0 Å². The van der Waals surface area contributed by atoms with Gasteiger partial charge in [-0.3, -0.25) is 9.59 Å². The van der Waals surface area contributed by atoms with Crippen molar-refractivity contribution < 1.29 is 14.3 Å². The number of amides is 2. The Kier molecular flexibility index (Phi) is 5.80. The zero-order valence-corrected chi connectivity index (χ0v) is 11.6. The van der Waals surface area contributed by atoms with Crippen LogP contribution in [0.25, 0.3) is 0 Å². The zero-order chi connectivity index (χ0) is 13.5. The Morgan fingerprint density at radius 1 is 1.50 bits per heavy atom. The van der Waals surface area contributed by atoms with Crippen LogP contribution in [0.4, 0.5) is 0 Å². The van der Waals surface area contributed by atoms with Crippen molar-refractivity contribution >= 4 is 27.7 Å². The van der Waals surface area contributed by atoms with Crippen LogP contribution in [0.15, 0.2) is 28.7 Å². The van der Waals surface area contributed by atoms with E-state index in [4.69, 9.17) is 10.5 Å². The third-order valence-corrected chi connectivity index (χ3v) is 2.70. The van der Waals surface area contributed by atoms with Crippen LogP contribution in [-0.2, 0) is 14.3 Å². The molecular formula is C12H15BrN2O3. The van der Waals surface area contributed by atoms with Crippen LogP contribution in [-0.4, -0.2) is 25.0 Å². The molecule has 1 unspecified atom stereocenters. The van der Waals surface area contributed by atoms with Crippen molar-refractivity contribution in [2.75, 3.05) is 13.2 Å². The van der Waals surface area contributed by atoms with Crippen molar-refractivity contribution in [2.45, 2.75) is 13.0 Å². The van der Waals surface area contributed by atoms with Gasteiger partial charge in [0.15, 0.2) is 0 Å². The minimum Gasteiger partial charge on any atom is -0.372 e. The SMILES string of the molecule is CCOCC(=O)NC(C(N)=O)c1cccc(Br)c1. The fraction of sp³-hybridized carbons (Fsp3) is 0.333. The summed E-state index contributed by atoms with van der Waals surface area (Å²) in [6, 6.07) is 6.20. The molecule has 5 nitrogen and oxygen atoms in total. The highest BCUT2D eigenvalue weighted by Gasteiger charge is 2.20. The molecule has 0 aliphatic rings. The van der Waals surface area contributed by atoms with Gasteiger partial charge in [-0.05, 0) is 24.6 Å². The second-order valence-corrected chi connectivity index (χ2v) is 4.51. The second-order valence-electron chi connectivity index (χ2n) is 3.60. The second kappa shape index (κ2) is 7.13. The van der Waals surface area contributed by atoms with Crippen molar-refractivity contribution in [2.24, 2.45) is 5.73 Å². The van der Waals surface area contributed by atoms with Gasteiger partial charge in [-0.25, -0.2) is 0 Å². The monoisotopic (exact) mass is 314 g/mol. The van der Waals surface area contributed by atoms with Gasteiger partial charge >= 0.3 is 0 Å². The molecule has 2 amide bonds. The zero-order valence-electron chi connectivity index (χ0n) is 9.98. The number of nitrogens with one attached hydrogen (secondary N) is 1. The topological polar surface area (TPSA) is 81.4 Å². The molecule has 98 valence electrons. The summed E-state index contributed by atoms with van der Waals surface area (Å²) in [4.78, 5) is 22.9. The van der Waals surface area contributed by atoms with Gasteiger partial charge in [-0.1, -0.05) is 28.1 Å². The lowest BCUT2D eigenvalue weighted by Crippen LogP contribution is -2.39. The number of hydrogen-bond donors (Lipinski definition) is 2. The van der Waals surface area contributed by atoms with Crippen LogP contribution < -0.4 is 11.1 Å². The summed E-state index contributed by atoms with van der Waals surface area (Å²) in [5, 5.41) is 2.54. The highest BCUT2D eigenvalue weighted by molar-refractivity contribution is 9.10. The van der Waals surface area contributed by atoms with Crippen LogP contribution in [0.5, 0.6) is 0 Å². The predicted octanol–water partition coefficient (Wildman–Crippen LogP) is 1.13. The molecular weight excluding hydrogens is 300 g/mol. The molecule has 18 heavy (non-hydrogen) atoms. The van der Waals surface area contributed by atoms with Gasteiger partial charge in [0, 0.05) is 11.1 Å². The maximum absolute atomic E-state index is 11.5. The van der Waals surface area contributed by atoms with Gasteiger partial charge < -0.3 is 15.8 Å². The minimum absolute atomic E-state index is 0.0890. The Hall–Kier alpha value is -1.40. The van der Waals surface area contributed by atoms with Crippen LogP contribution in [0.2, 0.25) is 0 Å². The van der Waals surface area contributed by atoms with E-state index in [0.29, 0.717) is 12.2 Å². The number of carbonyl (C=O) groups excluding carboxylic acids is 2. The number of nitrogens with two attached hydrogens (primary N) is 1. The van der Waals surface area contributed by atoms with Crippen molar-refractivity contribution in [1.29, 1.82) is 0 Å². The lowest BCUT2D eigenvalue weighted by molar-refractivity contribution is -0.130. The van der Waals surface area contributed by atoms with Crippen LogP contribution in [0.1, 0.15) is 18.5 Å². The van der Waals surface area contributed by atoms with E-state index in [0.717, 1.165) is 4.47 Å². The summed E-state index contributed by atoms with van der Waals surface area (Å²) in [5.74, 6) is -0.987. The molecule has 0 aliphatic heterocycles. The summed E-state index contributed by atoms with van der Waals surface area (Å²) in [6.45, 7) is 2.13. The molecule has 0 saturated carbocycles. The molecule has 1 aromatic carbocycles. The molecule has 3 N–H and O–H groups in total. The average Bonchev–Trinajstić information content (AvgIpc) is 2.33. The Labute approximate surface area is 114 Å². The highest BCUT2D eigenvalue weighted by atomic mass is 79.9. The molecule has 1 atom stereocenters. The summed E-state index contributed by atoms with van der Waals surface area (Å²) in [6.07, 6.45) is 0. The van der Waals surface area contributed by atoms with Crippen LogP contribution in [0.3, 0.4) is 0 Å². The van der Waals surface area contributed by atoms with E-state index in [1.54, 1.807) is 25.1 Å². The van der Waals surface area contributed by atoms with Gasteiger partial charge in [0.1, 0.15) is 12.6 Å². The Morgan fingerprint density at radius 3 is 2.78 bits per heavy atom. The summed E-state index contributed by atoms with van der Waals surface area (Å²) >= 11 is 3.30. The van der Waals surface area contributed by atoms with Crippen molar-refractivity contribution in [1.82, 2.24) is 5.32 Å². The first-order valence-corrected chi connectivity index (χ1v) is 6.25. The minimum atomic E-state index is -0.851. The maximum atomic E-state index is 11.5. The molecule has 0 spiro atoms. The first-order valence-electron chi connectivity index (χ1n) is 5.46. The first kappa shape index (κ1) is 14.7. The third kappa shape index (κ3) is 4.46. The molecule has 0 aliphatic carbocycles. The van der Waals surface area contributed by atoms with Gasteiger partial charge in [-0.2, -0.15) is 0 Å². The fourth-order valence-corrected chi connectivity index (χ4v) is 1.82. The van der Waals surface area contributed by atoms with Crippen molar-refractivity contribution in [3.63, 3.8) is 0 Å². The number of carbonyl (C=O) groups is 2. The van der Waals surface area contributed by atoms with E-state index >= 15 is 0 Å². The molecule has 0 heterocycles. The van der Waals surface area contributed by atoms with E-state index in [1.165, 1.54) is 0 Å². The molecule has 1 rings (SSSR count).